The first-order valence-corrected chi connectivity index (χ1v) is 5.69. The number of rotatable bonds is 2. The lowest BCUT2D eigenvalue weighted by Crippen LogP contribution is -2.12. The summed E-state index contributed by atoms with van der Waals surface area (Å²) in [5.74, 6) is -0.157. The Morgan fingerprint density at radius 1 is 1.53 bits per heavy atom. The van der Waals surface area contributed by atoms with Gasteiger partial charge in [0, 0.05) is 23.6 Å². The van der Waals surface area contributed by atoms with Crippen molar-refractivity contribution < 1.29 is 14.2 Å². The molecule has 0 bridgehead atoms. The number of hydrogen-bond donors (Lipinski definition) is 1. The van der Waals surface area contributed by atoms with Crippen LogP contribution in [0.4, 0.5) is 4.39 Å². The van der Waals surface area contributed by atoms with E-state index in [1.54, 1.807) is 6.07 Å². The summed E-state index contributed by atoms with van der Waals surface area (Å²) in [6, 6.07) is 4.54. The predicted molar refractivity (Wildman–Crippen MR) is 58.0 cm³/mol. The summed E-state index contributed by atoms with van der Waals surface area (Å²) in [5.41, 5.74) is 0.910. The molecular weight excluding hydrogens is 263 g/mol. The van der Waals surface area contributed by atoms with Gasteiger partial charge in [0.05, 0.1) is 6.10 Å². The lowest BCUT2D eigenvalue weighted by Gasteiger charge is -2.18. The molecule has 1 fully saturated rings. The van der Waals surface area contributed by atoms with Crippen LogP contribution >= 0.6 is 15.9 Å². The van der Waals surface area contributed by atoms with E-state index in [2.05, 4.69) is 15.9 Å². The summed E-state index contributed by atoms with van der Waals surface area (Å²) in [5, 5.41) is 9.17. The summed E-state index contributed by atoms with van der Waals surface area (Å²) in [6.45, 7) is 0.758. The Balaban J connectivity index is 2.28. The van der Waals surface area contributed by atoms with E-state index in [1.165, 1.54) is 12.1 Å². The van der Waals surface area contributed by atoms with Crippen molar-refractivity contribution >= 4 is 15.9 Å². The number of benzene rings is 1. The molecule has 0 radical (unpaired) electrons. The highest BCUT2D eigenvalue weighted by molar-refractivity contribution is 9.10. The van der Waals surface area contributed by atoms with E-state index < -0.39 is 0 Å². The molecule has 0 aliphatic carbocycles. The van der Waals surface area contributed by atoms with Crippen molar-refractivity contribution in [2.45, 2.75) is 12.5 Å². The molecule has 1 saturated heterocycles. The van der Waals surface area contributed by atoms with Crippen molar-refractivity contribution in [3.8, 4) is 0 Å². The van der Waals surface area contributed by atoms with E-state index in [0.29, 0.717) is 11.1 Å². The van der Waals surface area contributed by atoms with Crippen LogP contribution in [0.5, 0.6) is 0 Å². The van der Waals surface area contributed by atoms with E-state index in [-0.39, 0.29) is 24.4 Å². The van der Waals surface area contributed by atoms with Crippen LogP contribution < -0.4 is 0 Å². The molecule has 1 N–H and O–H groups in total. The van der Waals surface area contributed by atoms with Gasteiger partial charge in [-0.2, -0.15) is 0 Å². The predicted octanol–water partition coefficient (Wildman–Crippen LogP) is 2.66. The maximum Gasteiger partial charge on any atom is 0.124 e. The quantitative estimate of drug-likeness (QED) is 0.899. The number of ether oxygens (including phenoxy) is 1. The summed E-state index contributed by atoms with van der Waals surface area (Å²) in [4.78, 5) is 0. The molecule has 1 aliphatic rings. The number of halogens is 2. The largest absolute Gasteiger partial charge is 0.396 e. The Kier molecular flexibility index (Phi) is 3.38. The number of aliphatic hydroxyl groups excluding tert-OH is 1. The third-order valence-electron chi connectivity index (χ3n) is 2.72. The van der Waals surface area contributed by atoms with Crippen molar-refractivity contribution in [2.24, 2.45) is 5.92 Å². The molecule has 1 aromatic rings. The maximum absolute atomic E-state index is 12.9. The fraction of sp³-hybridized carbons (Fsp3) is 0.455. The molecule has 2 atom stereocenters. The molecular formula is C11H12BrFO2. The SMILES string of the molecule is OCC1CCOC1c1ccc(F)cc1Br. The Morgan fingerprint density at radius 2 is 2.33 bits per heavy atom. The Bertz CT molecular complexity index is 356. The van der Waals surface area contributed by atoms with Crippen LogP contribution in [-0.4, -0.2) is 18.3 Å². The molecule has 4 heteroatoms. The minimum absolute atomic E-state index is 0.106. The van der Waals surface area contributed by atoms with Gasteiger partial charge < -0.3 is 9.84 Å². The molecule has 82 valence electrons. The summed E-state index contributed by atoms with van der Waals surface area (Å²) in [6.07, 6.45) is 0.732. The molecule has 2 unspecified atom stereocenters. The zero-order valence-corrected chi connectivity index (χ0v) is 9.71. The Morgan fingerprint density at radius 3 is 3.00 bits per heavy atom. The van der Waals surface area contributed by atoms with Gasteiger partial charge >= 0.3 is 0 Å². The van der Waals surface area contributed by atoms with E-state index in [9.17, 15) is 9.50 Å². The minimum atomic E-state index is -0.274. The molecule has 0 aromatic heterocycles. The Hall–Kier alpha value is -0.450. The molecule has 0 spiro atoms. The molecule has 1 heterocycles. The normalized spacial score (nSPS) is 25.8. The van der Waals surface area contributed by atoms with Gasteiger partial charge in [-0.1, -0.05) is 22.0 Å². The summed E-state index contributed by atoms with van der Waals surface area (Å²) >= 11 is 3.31. The van der Waals surface area contributed by atoms with Gasteiger partial charge in [-0.15, -0.1) is 0 Å². The van der Waals surface area contributed by atoms with Crippen LogP contribution in [0.15, 0.2) is 22.7 Å². The van der Waals surface area contributed by atoms with Crippen LogP contribution in [0.2, 0.25) is 0 Å². The average molecular weight is 275 g/mol. The molecule has 2 rings (SSSR count). The van der Waals surface area contributed by atoms with Crippen LogP contribution in [-0.2, 0) is 4.74 Å². The number of hydrogen-bond acceptors (Lipinski definition) is 2. The zero-order chi connectivity index (χ0) is 10.8. The van der Waals surface area contributed by atoms with E-state index in [0.717, 1.165) is 12.0 Å². The molecule has 15 heavy (non-hydrogen) atoms. The van der Waals surface area contributed by atoms with Gasteiger partial charge in [0.15, 0.2) is 0 Å². The molecule has 1 aromatic carbocycles. The fourth-order valence-electron chi connectivity index (χ4n) is 1.90. The summed E-state index contributed by atoms with van der Waals surface area (Å²) < 4.78 is 19.1. The second kappa shape index (κ2) is 4.60. The zero-order valence-electron chi connectivity index (χ0n) is 8.12. The van der Waals surface area contributed by atoms with Crippen molar-refractivity contribution in [1.82, 2.24) is 0 Å². The van der Waals surface area contributed by atoms with Gasteiger partial charge in [-0.3, -0.25) is 0 Å². The molecule has 2 nitrogen and oxygen atoms in total. The lowest BCUT2D eigenvalue weighted by molar-refractivity contribution is 0.0715. The smallest absolute Gasteiger partial charge is 0.124 e. The highest BCUT2D eigenvalue weighted by Crippen LogP contribution is 2.37. The fourth-order valence-corrected chi connectivity index (χ4v) is 2.47. The maximum atomic E-state index is 12.9. The van der Waals surface area contributed by atoms with Crippen molar-refractivity contribution in [3.63, 3.8) is 0 Å². The van der Waals surface area contributed by atoms with Gasteiger partial charge in [0.2, 0.25) is 0 Å². The van der Waals surface area contributed by atoms with E-state index in [1.807, 2.05) is 0 Å². The second-order valence-electron chi connectivity index (χ2n) is 3.69. The van der Waals surface area contributed by atoms with Gasteiger partial charge in [0.1, 0.15) is 5.82 Å². The first kappa shape index (κ1) is 11.0. The van der Waals surface area contributed by atoms with Gasteiger partial charge in [-0.25, -0.2) is 4.39 Å². The standard InChI is InChI=1S/C11H12BrFO2/c12-10-5-8(13)1-2-9(10)11-7(6-14)3-4-15-11/h1-2,5,7,11,14H,3-4,6H2. The first-order chi connectivity index (χ1) is 7.22. The Labute approximate surface area is 96.2 Å². The van der Waals surface area contributed by atoms with Crippen LogP contribution in [0, 0.1) is 11.7 Å². The highest BCUT2D eigenvalue weighted by Gasteiger charge is 2.30. The number of aliphatic hydroxyl groups is 1. The highest BCUT2D eigenvalue weighted by atomic mass is 79.9. The molecule has 0 saturated carbocycles. The minimum Gasteiger partial charge on any atom is -0.396 e. The monoisotopic (exact) mass is 274 g/mol. The summed E-state index contributed by atoms with van der Waals surface area (Å²) in [7, 11) is 0. The van der Waals surface area contributed by atoms with Gasteiger partial charge in [0.25, 0.3) is 0 Å². The third kappa shape index (κ3) is 2.22. The third-order valence-corrected chi connectivity index (χ3v) is 3.40. The molecule has 0 amide bonds. The molecule has 1 aliphatic heterocycles. The van der Waals surface area contributed by atoms with E-state index >= 15 is 0 Å². The van der Waals surface area contributed by atoms with Crippen molar-refractivity contribution in [2.75, 3.05) is 13.2 Å². The first-order valence-electron chi connectivity index (χ1n) is 4.90. The van der Waals surface area contributed by atoms with Crippen LogP contribution in [0.3, 0.4) is 0 Å². The average Bonchev–Trinajstić information content (AvgIpc) is 2.65. The lowest BCUT2D eigenvalue weighted by atomic mass is 9.96. The van der Waals surface area contributed by atoms with Crippen molar-refractivity contribution in [3.05, 3.63) is 34.1 Å². The topological polar surface area (TPSA) is 29.5 Å². The van der Waals surface area contributed by atoms with E-state index in [4.69, 9.17) is 4.74 Å². The van der Waals surface area contributed by atoms with Crippen LogP contribution in [0.1, 0.15) is 18.1 Å². The van der Waals surface area contributed by atoms with Crippen molar-refractivity contribution in [1.29, 1.82) is 0 Å². The van der Waals surface area contributed by atoms with Gasteiger partial charge in [-0.05, 0) is 24.1 Å². The van der Waals surface area contributed by atoms with Crippen LogP contribution in [0.25, 0.3) is 0 Å². The second-order valence-corrected chi connectivity index (χ2v) is 4.54.